The van der Waals surface area contributed by atoms with Gasteiger partial charge < -0.3 is 24.8 Å². The van der Waals surface area contributed by atoms with Gasteiger partial charge >= 0.3 is 6.01 Å². The third kappa shape index (κ3) is 4.18. The first-order chi connectivity index (χ1) is 22.3. The number of rotatable bonds is 5. The quantitative estimate of drug-likeness (QED) is 0.314. The minimum Gasteiger partial charge on any atom is -0.508 e. The lowest BCUT2D eigenvalue weighted by Crippen LogP contribution is -2.60. The van der Waals surface area contributed by atoms with E-state index in [9.17, 15) is 9.50 Å². The van der Waals surface area contributed by atoms with Crippen LogP contribution in [0.2, 0.25) is 0 Å². The van der Waals surface area contributed by atoms with Gasteiger partial charge in [0, 0.05) is 37.2 Å². The molecule has 0 spiro atoms. The molecular weight excluding hydrogens is 597 g/mol. The molecule has 9 rings (SSSR count). The Kier molecular flexibility index (Phi) is 6.34. The second kappa shape index (κ2) is 10.3. The molecule has 7 heterocycles. The molecule has 9 nitrogen and oxygen atoms in total. The molecule has 4 fully saturated rings. The molecule has 2 aromatic carbocycles. The van der Waals surface area contributed by atoms with Crippen molar-refractivity contribution in [3.8, 4) is 28.9 Å². The highest BCUT2D eigenvalue weighted by molar-refractivity contribution is 6.03. The smallest absolute Gasteiger partial charge is 0.319 e. The van der Waals surface area contributed by atoms with Crippen LogP contribution < -0.4 is 19.7 Å². The van der Waals surface area contributed by atoms with Crippen molar-refractivity contribution in [1.82, 2.24) is 25.2 Å². The lowest BCUT2D eigenvalue weighted by molar-refractivity contribution is 0.107. The van der Waals surface area contributed by atoms with Crippen molar-refractivity contribution in [3.05, 3.63) is 41.5 Å². The lowest BCUT2D eigenvalue weighted by Gasteiger charge is -2.40. The zero-order valence-electron chi connectivity index (χ0n) is 25.5. The van der Waals surface area contributed by atoms with E-state index in [1.807, 2.05) is 6.92 Å². The number of aromatic hydroxyl groups is 1. The highest BCUT2D eigenvalue weighted by Crippen LogP contribution is 2.45. The Morgan fingerprint density at radius 1 is 1.13 bits per heavy atom. The number of pyridine rings is 1. The number of ether oxygens (including phenoxy) is 2. The molecule has 0 saturated carbocycles. The molecule has 5 aliphatic heterocycles. The fourth-order valence-corrected chi connectivity index (χ4v) is 8.84. The monoisotopic (exact) mass is 632 g/mol. The number of piperazine rings is 1. The first-order valence-electron chi connectivity index (χ1n) is 16.3. The number of phenols is 1. The number of nitrogens with one attached hydrogen (secondary N) is 1. The van der Waals surface area contributed by atoms with E-state index < -0.39 is 23.3 Å². The summed E-state index contributed by atoms with van der Waals surface area (Å²) in [6.45, 7) is 4.21. The van der Waals surface area contributed by atoms with Gasteiger partial charge in [-0.1, -0.05) is 13.0 Å². The SMILES string of the molecule is CCc1c(F)ccc2cc(O)cc(-c3nc4c5c(nc(OC[C@]67CCCN6C[C@H](F)C7)nc5c3F)N3C[C@H]5CC[C@H](N5)[C@H]3CO4)c12. The number of nitrogens with zero attached hydrogens (tertiary/aromatic N) is 5. The van der Waals surface area contributed by atoms with E-state index in [1.165, 1.54) is 18.2 Å². The summed E-state index contributed by atoms with van der Waals surface area (Å²) in [4.78, 5) is 18.6. The van der Waals surface area contributed by atoms with E-state index in [4.69, 9.17) is 19.4 Å². The van der Waals surface area contributed by atoms with E-state index in [0.29, 0.717) is 60.1 Å². The van der Waals surface area contributed by atoms with Gasteiger partial charge in [0.1, 0.15) is 53.4 Å². The molecule has 2 N–H and O–H groups in total. The number of aryl methyl sites for hydroxylation is 1. The van der Waals surface area contributed by atoms with Crippen molar-refractivity contribution in [2.75, 3.05) is 37.7 Å². The van der Waals surface area contributed by atoms with Crippen LogP contribution in [0, 0.1) is 11.6 Å². The first-order valence-corrected chi connectivity index (χ1v) is 16.3. The fourth-order valence-electron chi connectivity index (χ4n) is 8.84. The molecule has 46 heavy (non-hydrogen) atoms. The number of aromatic nitrogens is 3. The van der Waals surface area contributed by atoms with Gasteiger partial charge in [-0.15, -0.1) is 0 Å². The van der Waals surface area contributed by atoms with Gasteiger partial charge in [-0.3, -0.25) is 4.90 Å². The van der Waals surface area contributed by atoms with Crippen molar-refractivity contribution in [2.45, 2.75) is 75.3 Å². The van der Waals surface area contributed by atoms with Crippen molar-refractivity contribution >= 4 is 27.5 Å². The number of hydrogen-bond acceptors (Lipinski definition) is 9. The van der Waals surface area contributed by atoms with Crippen LogP contribution >= 0.6 is 0 Å². The molecule has 0 amide bonds. The second-order valence-electron chi connectivity index (χ2n) is 13.5. The highest BCUT2D eigenvalue weighted by Gasteiger charge is 2.50. The maximum Gasteiger partial charge on any atom is 0.319 e. The Balaban J connectivity index is 1.24. The summed E-state index contributed by atoms with van der Waals surface area (Å²) in [7, 11) is 0. The summed E-state index contributed by atoms with van der Waals surface area (Å²) in [5, 5.41) is 15.8. The molecule has 2 aromatic heterocycles. The summed E-state index contributed by atoms with van der Waals surface area (Å²) in [5.41, 5.74) is 0.0926. The molecule has 240 valence electrons. The summed E-state index contributed by atoms with van der Waals surface area (Å²) < 4.78 is 59.3. The minimum absolute atomic E-state index is 0.0145. The topological polar surface area (TPSA) is 95.9 Å². The van der Waals surface area contributed by atoms with E-state index in [2.05, 4.69) is 20.1 Å². The molecule has 0 unspecified atom stereocenters. The van der Waals surface area contributed by atoms with Gasteiger partial charge in [0.05, 0.1) is 11.6 Å². The van der Waals surface area contributed by atoms with Gasteiger partial charge in [-0.2, -0.15) is 9.97 Å². The van der Waals surface area contributed by atoms with Crippen LogP contribution in [0.25, 0.3) is 32.9 Å². The van der Waals surface area contributed by atoms with E-state index in [1.54, 1.807) is 6.07 Å². The Morgan fingerprint density at radius 2 is 2.02 bits per heavy atom. The molecule has 5 atom stereocenters. The summed E-state index contributed by atoms with van der Waals surface area (Å²) in [6.07, 6.45) is 3.62. The van der Waals surface area contributed by atoms with Gasteiger partial charge in [-0.05, 0) is 73.2 Å². The van der Waals surface area contributed by atoms with Crippen LogP contribution in [0.5, 0.6) is 17.6 Å². The predicted molar refractivity (Wildman–Crippen MR) is 166 cm³/mol. The van der Waals surface area contributed by atoms with E-state index in [0.717, 1.165) is 32.2 Å². The Hall–Kier alpha value is -3.90. The van der Waals surface area contributed by atoms with Crippen LogP contribution in [-0.2, 0) is 6.42 Å². The normalized spacial score (nSPS) is 28.4. The van der Waals surface area contributed by atoms with Crippen LogP contribution in [-0.4, -0.2) is 87.6 Å². The number of fused-ring (bicyclic) bond motifs is 7. The number of benzene rings is 2. The molecule has 5 aliphatic rings. The van der Waals surface area contributed by atoms with Crippen LogP contribution in [0.15, 0.2) is 24.3 Å². The summed E-state index contributed by atoms with van der Waals surface area (Å²) in [6, 6.07) is 6.25. The molecule has 2 bridgehead atoms. The molecular formula is C34H35F3N6O3. The third-order valence-electron chi connectivity index (χ3n) is 10.9. The minimum atomic E-state index is -0.913. The average molecular weight is 633 g/mol. The van der Waals surface area contributed by atoms with Crippen LogP contribution in [0.3, 0.4) is 0 Å². The fraction of sp³-hybridized carbons (Fsp3) is 0.500. The molecule has 0 aliphatic carbocycles. The van der Waals surface area contributed by atoms with Crippen molar-refractivity contribution in [1.29, 1.82) is 0 Å². The molecule has 4 aromatic rings. The molecule has 12 heteroatoms. The number of hydrogen-bond donors (Lipinski definition) is 2. The summed E-state index contributed by atoms with van der Waals surface area (Å²) >= 11 is 0. The predicted octanol–water partition coefficient (Wildman–Crippen LogP) is 5.05. The van der Waals surface area contributed by atoms with Crippen molar-refractivity contribution in [2.24, 2.45) is 0 Å². The lowest BCUT2D eigenvalue weighted by atomic mass is 9.94. The second-order valence-corrected chi connectivity index (χ2v) is 13.5. The summed E-state index contributed by atoms with van der Waals surface area (Å²) in [5.74, 6) is -0.568. The first kappa shape index (κ1) is 28.3. The molecule has 4 saturated heterocycles. The highest BCUT2D eigenvalue weighted by atomic mass is 19.1. The van der Waals surface area contributed by atoms with Crippen LogP contribution in [0.4, 0.5) is 19.0 Å². The average Bonchev–Trinajstić information content (AvgIpc) is 3.68. The number of phenolic OH excluding ortho intramolecular Hbond substituents is 1. The number of halogens is 3. The Bertz CT molecular complexity index is 1910. The van der Waals surface area contributed by atoms with E-state index >= 15 is 8.78 Å². The standard InChI is InChI=1S/C34H35F3N6O3/c1-2-21-23(36)6-4-17-10-20(44)11-22(26(17)21)29-28(37)30-27-31(43-14-19-5-7-24(38-19)25(43)15-45-32(27)39-29)41-33(40-30)46-16-34-8-3-9-42(34)13-18(35)12-34/h4,6,10-11,18-19,24-25,38,44H,2-3,5,7-9,12-16H2,1H3/t18-,19-,24+,25-,34-/m1/s1. The zero-order valence-corrected chi connectivity index (χ0v) is 25.5. The largest absolute Gasteiger partial charge is 0.508 e. The van der Waals surface area contributed by atoms with Gasteiger partial charge in [0.25, 0.3) is 0 Å². The maximum absolute atomic E-state index is 17.1. The van der Waals surface area contributed by atoms with Crippen molar-refractivity contribution < 1.29 is 27.8 Å². The van der Waals surface area contributed by atoms with Crippen molar-refractivity contribution in [3.63, 3.8) is 0 Å². The Morgan fingerprint density at radius 3 is 2.89 bits per heavy atom. The third-order valence-corrected chi connectivity index (χ3v) is 10.9. The van der Waals surface area contributed by atoms with Gasteiger partial charge in [0.2, 0.25) is 5.88 Å². The number of anilines is 1. The molecule has 0 radical (unpaired) electrons. The zero-order chi connectivity index (χ0) is 31.3. The van der Waals surface area contributed by atoms with E-state index in [-0.39, 0.29) is 59.1 Å². The van der Waals surface area contributed by atoms with Gasteiger partial charge in [0.15, 0.2) is 5.82 Å². The maximum atomic E-state index is 17.1. The Labute approximate surface area is 263 Å². The number of alkyl halides is 1. The van der Waals surface area contributed by atoms with Gasteiger partial charge in [-0.25, -0.2) is 18.2 Å². The van der Waals surface area contributed by atoms with Crippen LogP contribution in [0.1, 0.15) is 44.6 Å².